The van der Waals surface area contributed by atoms with Crippen LogP contribution in [0, 0.1) is 0 Å². The number of fused-ring (bicyclic) bond motifs is 11. The van der Waals surface area contributed by atoms with E-state index in [1.807, 2.05) is 0 Å². The molecular formula is C38H22N4. The number of hydrogen-bond acceptors (Lipinski definition) is 2. The number of hydrogen-bond donors (Lipinski definition) is 0. The molecule has 4 nitrogen and oxygen atoms in total. The van der Waals surface area contributed by atoms with Crippen LogP contribution in [0.2, 0.25) is 0 Å². The lowest BCUT2D eigenvalue weighted by molar-refractivity contribution is 1.02. The zero-order valence-electron chi connectivity index (χ0n) is 22.5. The Hall–Kier alpha value is -5.74. The van der Waals surface area contributed by atoms with Crippen molar-refractivity contribution in [3.63, 3.8) is 0 Å². The lowest BCUT2D eigenvalue weighted by Crippen LogP contribution is -2.04. The fraction of sp³-hybridized carbons (Fsp3) is 0. The molecule has 42 heavy (non-hydrogen) atoms. The molecule has 0 amide bonds. The van der Waals surface area contributed by atoms with Gasteiger partial charge in [0.15, 0.2) is 0 Å². The minimum atomic E-state index is 0.683. The Morgan fingerprint density at radius 2 is 1.12 bits per heavy atom. The van der Waals surface area contributed by atoms with Crippen molar-refractivity contribution in [3.8, 4) is 17.2 Å². The molecule has 0 saturated carbocycles. The maximum absolute atomic E-state index is 5.38. The molecular weight excluding hydrogens is 512 g/mol. The summed E-state index contributed by atoms with van der Waals surface area (Å²) in [7, 11) is 0. The van der Waals surface area contributed by atoms with Gasteiger partial charge in [0.25, 0.3) is 0 Å². The number of rotatable bonds is 2. The predicted molar refractivity (Wildman–Crippen MR) is 174 cm³/mol. The maximum atomic E-state index is 5.38. The van der Waals surface area contributed by atoms with Crippen molar-refractivity contribution in [2.24, 2.45) is 0 Å². The highest BCUT2D eigenvalue weighted by Gasteiger charge is 2.25. The molecule has 0 atom stereocenters. The van der Waals surface area contributed by atoms with Crippen molar-refractivity contribution in [1.29, 1.82) is 0 Å². The molecule has 10 rings (SSSR count). The smallest absolute Gasteiger partial charge is 0.235 e. The number of aromatic nitrogens is 4. The number of benzene rings is 5. The summed E-state index contributed by atoms with van der Waals surface area (Å²) < 4.78 is 4.71. The molecule has 194 valence electrons. The summed E-state index contributed by atoms with van der Waals surface area (Å²) in [5.41, 5.74) is 8.85. The van der Waals surface area contributed by atoms with E-state index in [1.54, 1.807) is 0 Å². The summed E-state index contributed by atoms with van der Waals surface area (Å²) in [5, 5.41) is 8.34. The first-order chi connectivity index (χ1) is 20.9. The Balaban J connectivity index is 1.44. The van der Waals surface area contributed by atoms with Gasteiger partial charge in [-0.1, -0.05) is 109 Å². The molecule has 4 heteroatoms. The summed E-state index contributed by atoms with van der Waals surface area (Å²) in [6.07, 6.45) is 0. The Morgan fingerprint density at radius 1 is 0.429 bits per heavy atom. The zero-order chi connectivity index (χ0) is 27.4. The minimum absolute atomic E-state index is 0.683. The van der Waals surface area contributed by atoms with Crippen LogP contribution in [0.4, 0.5) is 0 Å². The quantitative estimate of drug-likeness (QED) is 0.207. The predicted octanol–water partition coefficient (Wildman–Crippen LogP) is 9.54. The molecule has 0 radical (unpaired) electrons. The lowest BCUT2D eigenvalue weighted by atomic mass is 10.0. The molecule has 0 aliphatic heterocycles. The summed E-state index contributed by atoms with van der Waals surface area (Å²) >= 11 is 0. The summed E-state index contributed by atoms with van der Waals surface area (Å²) in [4.78, 5) is 10.7. The third-order valence-electron chi connectivity index (χ3n) is 8.85. The van der Waals surface area contributed by atoms with Crippen molar-refractivity contribution in [1.82, 2.24) is 18.9 Å². The first-order valence-electron chi connectivity index (χ1n) is 14.3. The van der Waals surface area contributed by atoms with Crippen LogP contribution in [0.15, 0.2) is 133 Å². The van der Waals surface area contributed by atoms with E-state index in [4.69, 9.17) is 9.97 Å². The fourth-order valence-electron chi connectivity index (χ4n) is 7.12. The molecule has 5 aromatic heterocycles. The van der Waals surface area contributed by atoms with Crippen LogP contribution in [0.25, 0.3) is 88.0 Å². The van der Waals surface area contributed by atoms with Crippen LogP contribution < -0.4 is 0 Å². The monoisotopic (exact) mass is 534 g/mol. The van der Waals surface area contributed by atoms with E-state index >= 15 is 0 Å². The minimum Gasteiger partial charge on any atom is -0.306 e. The van der Waals surface area contributed by atoms with Crippen LogP contribution in [-0.4, -0.2) is 18.9 Å². The molecule has 0 spiro atoms. The molecule has 5 aromatic carbocycles. The van der Waals surface area contributed by atoms with E-state index in [-0.39, 0.29) is 0 Å². The van der Waals surface area contributed by atoms with Crippen LogP contribution in [0.1, 0.15) is 0 Å². The van der Waals surface area contributed by atoms with Crippen molar-refractivity contribution < 1.29 is 0 Å². The average Bonchev–Trinajstić information content (AvgIpc) is 3.69. The SMILES string of the molecule is c1ccc(-c2nc(-n3c4ccccc4c4c3c3cccc5c6ccccc6c4n53)nc3c2ccc2ccccc23)cc1. The van der Waals surface area contributed by atoms with E-state index in [9.17, 15) is 0 Å². The van der Waals surface area contributed by atoms with Gasteiger partial charge in [-0.3, -0.25) is 4.57 Å². The van der Waals surface area contributed by atoms with E-state index < -0.39 is 0 Å². The van der Waals surface area contributed by atoms with Crippen molar-refractivity contribution >= 4 is 70.8 Å². The summed E-state index contributed by atoms with van der Waals surface area (Å²) in [5.74, 6) is 0.683. The largest absolute Gasteiger partial charge is 0.306 e. The molecule has 0 saturated heterocycles. The Bertz CT molecular complexity index is 2680. The molecule has 0 fully saturated rings. The lowest BCUT2D eigenvalue weighted by Gasteiger charge is -2.13. The van der Waals surface area contributed by atoms with E-state index in [2.05, 4.69) is 142 Å². The zero-order valence-corrected chi connectivity index (χ0v) is 22.5. The molecule has 0 bridgehead atoms. The number of pyridine rings is 1. The Labute approximate surface area is 240 Å². The fourth-order valence-corrected chi connectivity index (χ4v) is 7.12. The van der Waals surface area contributed by atoms with Gasteiger partial charge in [-0.2, -0.15) is 0 Å². The Kier molecular flexibility index (Phi) is 4.15. The first-order valence-corrected chi connectivity index (χ1v) is 14.3. The van der Waals surface area contributed by atoms with Gasteiger partial charge in [-0.15, -0.1) is 0 Å². The number of nitrogens with zero attached hydrogens (tertiary/aromatic N) is 4. The normalized spacial score (nSPS) is 12.3. The third-order valence-corrected chi connectivity index (χ3v) is 8.85. The third kappa shape index (κ3) is 2.71. The standard InChI is InChI=1S/C38H22N4/c1-2-12-24(13-3-1)34-29-22-21-23-11-4-5-14-25(23)35(29)40-38(39-34)42-31-18-9-8-17-28(31)33-36-27-16-7-6-15-26(27)30-19-10-20-32(37(33)42)41(30)36/h1-22H. The van der Waals surface area contributed by atoms with Gasteiger partial charge in [0.05, 0.1) is 38.8 Å². The van der Waals surface area contributed by atoms with Gasteiger partial charge in [0.2, 0.25) is 5.95 Å². The topological polar surface area (TPSA) is 35.1 Å². The highest BCUT2D eigenvalue weighted by molar-refractivity contribution is 6.30. The summed E-state index contributed by atoms with van der Waals surface area (Å²) in [6, 6.07) is 47.3. The number of para-hydroxylation sites is 1. The van der Waals surface area contributed by atoms with Crippen molar-refractivity contribution in [2.75, 3.05) is 0 Å². The van der Waals surface area contributed by atoms with Crippen molar-refractivity contribution in [2.45, 2.75) is 0 Å². The van der Waals surface area contributed by atoms with Gasteiger partial charge in [-0.05, 0) is 29.7 Å². The molecule has 0 N–H and O–H groups in total. The summed E-state index contributed by atoms with van der Waals surface area (Å²) in [6.45, 7) is 0. The molecule has 0 aliphatic carbocycles. The van der Waals surface area contributed by atoms with Gasteiger partial charge < -0.3 is 4.40 Å². The van der Waals surface area contributed by atoms with E-state index in [0.717, 1.165) is 44.1 Å². The second kappa shape index (κ2) is 7.93. The van der Waals surface area contributed by atoms with Crippen molar-refractivity contribution in [3.05, 3.63) is 133 Å². The van der Waals surface area contributed by atoms with E-state index in [1.165, 1.54) is 38.0 Å². The van der Waals surface area contributed by atoms with Gasteiger partial charge in [0.1, 0.15) is 0 Å². The molecule has 5 heterocycles. The van der Waals surface area contributed by atoms with Gasteiger partial charge in [-0.25, -0.2) is 9.97 Å². The first kappa shape index (κ1) is 22.0. The highest BCUT2D eigenvalue weighted by Crippen LogP contribution is 2.44. The molecule has 0 unspecified atom stereocenters. The second-order valence-corrected chi connectivity index (χ2v) is 11.0. The van der Waals surface area contributed by atoms with Gasteiger partial charge in [0, 0.05) is 37.9 Å². The molecule has 0 aliphatic rings. The second-order valence-electron chi connectivity index (χ2n) is 11.0. The maximum Gasteiger partial charge on any atom is 0.235 e. The van der Waals surface area contributed by atoms with Crippen LogP contribution in [-0.2, 0) is 0 Å². The molecule has 10 aromatic rings. The van der Waals surface area contributed by atoms with Gasteiger partial charge >= 0.3 is 0 Å². The Morgan fingerprint density at radius 3 is 2.00 bits per heavy atom. The van der Waals surface area contributed by atoms with Crippen LogP contribution in [0.5, 0.6) is 0 Å². The van der Waals surface area contributed by atoms with E-state index in [0.29, 0.717) is 5.95 Å². The van der Waals surface area contributed by atoms with Crippen LogP contribution in [0.3, 0.4) is 0 Å². The average molecular weight is 535 g/mol. The van der Waals surface area contributed by atoms with Crippen LogP contribution >= 0.6 is 0 Å². The highest BCUT2D eigenvalue weighted by atomic mass is 15.2.